The van der Waals surface area contributed by atoms with Gasteiger partial charge in [0, 0.05) is 18.6 Å². The zero-order valence-electron chi connectivity index (χ0n) is 8.10. The first-order valence-corrected chi connectivity index (χ1v) is 4.38. The highest BCUT2D eigenvalue weighted by molar-refractivity contribution is 6.59. The Bertz CT molecular complexity index is 479. The van der Waals surface area contributed by atoms with Crippen LogP contribution in [-0.4, -0.2) is 26.9 Å². The maximum Gasteiger partial charge on any atom is 0.488 e. The number of hydrogen-bond acceptors (Lipinski definition) is 3. The number of fused-ring (bicyclic) bond motifs is 1. The molecule has 14 heavy (non-hydrogen) atoms. The molecule has 0 atom stereocenters. The molecule has 0 saturated heterocycles. The number of nitrogens with zero attached hydrogens (tertiary/aromatic N) is 2. The summed E-state index contributed by atoms with van der Waals surface area (Å²) in [5.41, 5.74) is 2.35. The van der Waals surface area contributed by atoms with Crippen molar-refractivity contribution >= 4 is 23.5 Å². The van der Waals surface area contributed by atoms with E-state index in [9.17, 15) is 0 Å². The van der Waals surface area contributed by atoms with Crippen LogP contribution in [-0.2, 0) is 7.05 Å². The molecule has 0 bridgehead atoms. The molecule has 0 aliphatic carbocycles. The van der Waals surface area contributed by atoms with Crippen LogP contribution in [0.2, 0.25) is 0 Å². The molecule has 0 aliphatic heterocycles. The van der Waals surface area contributed by atoms with Gasteiger partial charge in [-0.2, -0.15) is 5.10 Å². The molecule has 0 amide bonds. The zero-order valence-corrected chi connectivity index (χ0v) is 8.10. The average molecular weight is 190 g/mol. The second kappa shape index (κ2) is 3.11. The fourth-order valence-electron chi connectivity index (χ4n) is 1.61. The Kier molecular flexibility index (Phi) is 2.05. The van der Waals surface area contributed by atoms with Crippen molar-refractivity contribution in [2.45, 2.75) is 6.92 Å². The molecule has 0 spiro atoms. The van der Waals surface area contributed by atoms with Gasteiger partial charge in [-0.3, -0.25) is 4.68 Å². The summed E-state index contributed by atoms with van der Waals surface area (Å²) in [5, 5.41) is 23.3. The van der Waals surface area contributed by atoms with Crippen molar-refractivity contribution in [2.75, 3.05) is 0 Å². The van der Waals surface area contributed by atoms with Crippen LogP contribution >= 0.6 is 0 Å². The molecule has 1 heterocycles. The molecule has 2 aromatic rings. The molecule has 0 aliphatic rings. The molecule has 0 saturated carbocycles. The van der Waals surface area contributed by atoms with E-state index >= 15 is 0 Å². The lowest BCUT2D eigenvalue weighted by atomic mass is 9.79. The molecule has 0 unspecified atom stereocenters. The van der Waals surface area contributed by atoms with E-state index in [2.05, 4.69) is 5.10 Å². The van der Waals surface area contributed by atoms with Gasteiger partial charge >= 0.3 is 7.12 Å². The van der Waals surface area contributed by atoms with Gasteiger partial charge in [-0.05, 0) is 17.9 Å². The van der Waals surface area contributed by atoms with E-state index in [4.69, 9.17) is 10.0 Å². The fraction of sp³-hybridized carbons (Fsp3) is 0.222. The van der Waals surface area contributed by atoms with E-state index in [1.165, 1.54) is 0 Å². The van der Waals surface area contributed by atoms with Gasteiger partial charge in [0.2, 0.25) is 0 Å². The van der Waals surface area contributed by atoms with Crippen molar-refractivity contribution in [1.29, 1.82) is 0 Å². The Balaban J connectivity index is 2.71. The van der Waals surface area contributed by atoms with Gasteiger partial charge in [0.1, 0.15) is 0 Å². The predicted octanol–water partition coefficient (Wildman–Crippen LogP) is -0.438. The molecule has 0 fully saturated rings. The first-order valence-electron chi connectivity index (χ1n) is 4.38. The smallest absolute Gasteiger partial charge is 0.423 e. The van der Waals surface area contributed by atoms with Gasteiger partial charge in [0.25, 0.3) is 0 Å². The summed E-state index contributed by atoms with van der Waals surface area (Å²) < 4.78 is 1.71. The first kappa shape index (κ1) is 9.24. The monoisotopic (exact) mass is 190 g/mol. The van der Waals surface area contributed by atoms with Crippen LogP contribution in [0.5, 0.6) is 0 Å². The quantitative estimate of drug-likeness (QED) is 0.599. The minimum Gasteiger partial charge on any atom is -0.423 e. The molecule has 1 aromatic carbocycles. The molecule has 2 rings (SSSR count). The van der Waals surface area contributed by atoms with Crippen molar-refractivity contribution in [2.24, 2.45) is 7.05 Å². The topological polar surface area (TPSA) is 58.3 Å². The molecule has 72 valence electrons. The van der Waals surface area contributed by atoms with Gasteiger partial charge in [-0.25, -0.2) is 0 Å². The lowest BCUT2D eigenvalue weighted by Gasteiger charge is -2.01. The second-order valence-corrected chi connectivity index (χ2v) is 3.45. The number of benzene rings is 1. The van der Waals surface area contributed by atoms with E-state index in [-0.39, 0.29) is 0 Å². The molecule has 0 radical (unpaired) electrons. The van der Waals surface area contributed by atoms with Gasteiger partial charge in [0.05, 0.1) is 5.52 Å². The average Bonchev–Trinajstić information content (AvgIpc) is 2.45. The Morgan fingerprint density at radius 3 is 2.71 bits per heavy atom. The van der Waals surface area contributed by atoms with Gasteiger partial charge in [-0.15, -0.1) is 0 Å². The van der Waals surface area contributed by atoms with Crippen molar-refractivity contribution < 1.29 is 10.0 Å². The predicted molar refractivity (Wildman–Crippen MR) is 55.3 cm³/mol. The van der Waals surface area contributed by atoms with Gasteiger partial charge in [0.15, 0.2) is 0 Å². The number of aryl methyl sites for hydroxylation is 2. The zero-order chi connectivity index (χ0) is 10.3. The summed E-state index contributed by atoms with van der Waals surface area (Å²) in [4.78, 5) is 0. The molecule has 2 N–H and O–H groups in total. The number of aromatic nitrogens is 2. The highest BCUT2D eigenvalue weighted by atomic mass is 16.4. The van der Waals surface area contributed by atoms with Crippen molar-refractivity contribution in [3.8, 4) is 0 Å². The standard InChI is InChI=1S/C9H11BN2O2/c1-6-3-8(10(13)14)4-7-5-12(2)11-9(6)7/h3-5,13-14H,1-2H3. The lowest BCUT2D eigenvalue weighted by molar-refractivity contribution is 0.426. The second-order valence-electron chi connectivity index (χ2n) is 3.45. The molecule has 5 heteroatoms. The summed E-state index contributed by atoms with van der Waals surface area (Å²) in [5.74, 6) is 0. The molecule has 1 aromatic heterocycles. The fourth-order valence-corrected chi connectivity index (χ4v) is 1.61. The van der Waals surface area contributed by atoms with E-state index in [1.54, 1.807) is 16.8 Å². The third kappa shape index (κ3) is 1.40. The van der Waals surface area contributed by atoms with Gasteiger partial charge in [-0.1, -0.05) is 12.1 Å². The summed E-state index contributed by atoms with van der Waals surface area (Å²) >= 11 is 0. The van der Waals surface area contributed by atoms with Crippen LogP contribution in [0.25, 0.3) is 10.9 Å². The van der Waals surface area contributed by atoms with Crippen molar-refractivity contribution in [3.63, 3.8) is 0 Å². The molecular weight excluding hydrogens is 179 g/mol. The van der Waals surface area contributed by atoms with Crippen LogP contribution in [0.3, 0.4) is 0 Å². The maximum atomic E-state index is 9.04. The molecule has 4 nitrogen and oxygen atoms in total. The van der Waals surface area contributed by atoms with Crippen LogP contribution < -0.4 is 5.46 Å². The third-order valence-electron chi connectivity index (χ3n) is 2.23. The minimum atomic E-state index is -1.42. The van der Waals surface area contributed by atoms with E-state index in [0.717, 1.165) is 16.5 Å². The SMILES string of the molecule is Cc1cc(B(O)O)cc2cn(C)nc12. The largest absolute Gasteiger partial charge is 0.488 e. The lowest BCUT2D eigenvalue weighted by Crippen LogP contribution is -2.29. The van der Waals surface area contributed by atoms with E-state index < -0.39 is 7.12 Å². The van der Waals surface area contributed by atoms with Crippen molar-refractivity contribution in [1.82, 2.24) is 9.78 Å². The van der Waals surface area contributed by atoms with Crippen LogP contribution in [0.1, 0.15) is 5.56 Å². The van der Waals surface area contributed by atoms with E-state index in [1.807, 2.05) is 20.2 Å². The highest BCUT2D eigenvalue weighted by Gasteiger charge is 2.13. The Morgan fingerprint density at radius 1 is 1.36 bits per heavy atom. The summed E-state index contributed by atoms with van der Waals surface area (Å²) in [7, 11) is 0.424. The third-order valence-corrected chi connectivity index (χ3v) is 2.23. The van der Waals surface area contributed by atoms with Gasteiger partial charge < -0.3 is 10.0 Å². The summed E-state index contributed by atoms with van der Waals surface area (Å²) in [6.45, 7) is 1.90. The maximum absolute atomic E-state index is 9.04. The normalized spacial score (nSPS) is 10.9. The highest BCUT2D eigenvalue weighted by Crippen LogP contribution is 2.14. The Morgan fingerprint density at radius 2 is 2.07 bits per heavy atom. The van der Waals surface area contributed by atoms with E-state index in [0.29, 0.717) is 5.46 Å². The minimum absolute atomic E-state index is 0.503. The molecular formula is C9H11BN2O2. The first-order chi connectivity index (χ1) is 6.58. The summed E-state index contributed by atoms with van der Waals surface area (Å²) in [6.07, 6.45) is 1.86. The Labute approximate surface area is 81.9 Å². The van der Waals surface area contributed by atoms with Crippen LogP contribution in [0.15, 0.2) is 18.3 Å². The Hall–Kier alpha value is -1.33. The summed E-state index contributed by atoms with van der Waals surface area (Å²) in [6, 6.07) is 3.47. The number of rotatable bonds is 1. The van der Waals surface area contributed by atoms with Crippen molar-refractivity contribution in [3.05, 3.63) is 23.9 Å². The van der Waals surface area contributed by atoms with Crippen LogP contribution in [0, 0.1) is 6.92 Å². The number of hydrogen-bond donors (Lipinski definition) is 2. The van der Waals surface area contributed by atoms with Crippen LogP contribution in [0.4, 0.5) is 0 Å².